The molecule has 0 saturated carbocycles. The number of nitrogens with one attached hydrogen (secondary N) is 2. The molecule has 0 aliphatic rings. The predicted molar refractivity (Wildman–Crippen MR) is 101 cm³/mol. The molecule has 0 fully saturated rings. The molecule has 25 heavy (non-hydrogen) atoms. The van der Waals surface area contributed by atoms with Crippen LogP contribution in [0.25, 0.3) is 22.2 Å². The number of primary sulfonamides is 1. The molecule has 126 valence electrons. The first-order chi connectivity index (χ1) is 12.0. The molecule has 2 aromatic heterocycles. The highest BCUT2D eigenvalue weighted by Crippen LogP contribution is 2.32. The Morgan fingerprint density at radius 2 is 1.84 bits per heavy atom. The summed E-state index contributed by atoms with van der Waals surface area (Å²) in [4.78, 5) is 7.94. The molecule has 0 spiro atoms. The van der Waals surface area contributed by atoms with Crippen LogP contribution in [0.2, 0.25) is 0 Å². The summed E-state index contributed by atoms with van der Waals surface area (Å²) in [5.41, 5.74) is 3.74. The Labute approximate surface area is 148 Å². The summed E-state index contributed by atoms with van der Waals surface area (Å²) in [6.07, 6.45) is 1.95. The SMILES string of the molecule is NS(=O)(=O)c1ccc(Nc2nc(-c3c[nH]c4ccccc34)cs2)cc1. The number of para-hydroxylation sites is 1. The third kappa shape index (κ3) is 3.14. The third-order valence-electron chi connectivity index (χ3n) is 3.80. The minimum Gasteiger partial charge on any atom is -0.360 e. The largest absolute Gasteiger partial charge is 0.360 e. The van der Waals surface area contributed by atoms with Crippen molar-refractivity contribution in [1.29, 1.82) is 0 Å². The second-order valence-corrected chi connectivity index (χ2v) is 7.90. The van der Waals surface area contributed by atoms with Gasteiger partial charge < -0.3 is 10.3 Å². The molecule has 0 radical (unpaired) electrons. The van der Waals surface area contributed by atoms with Crippen LogP contribution in [-0.2, 0) is 10.0 Å². The summed E-state index contributed by atoms with van der Waals surface area (Å²) in [5, 5.41) is 12.1. The van der Waals surface area contributed by atoms with Crippen molar-refractivity contribution in [3.63, 3.8) is 0 Å². The van der Waals surface area contributed by atoms with Gasteiger partial charge in [-0.3, -0.25) is 0 Å². The van der Waals surface area contributed by atoms with Gasteiger partial charge >= 0.3 is 0 Å². The summed E-state index contributed by atoms with van der Waals surface area (Å²) in [6.45, 7) is 0. The summed E-state index contributed by atoms with van der Waals surface area (Å²) >= 11 is 1.48. The molecule has 0 unspecified atom stereocenters. The van der Waals surface area contributed by atoms with Crippen molar-refractivity contribution in [2.24, 2.45) is 5.14 Å². The number of hydrogen-bond donors (Lipinski definition) is 3. The molecular weight excluding hydrogens is 356 g/mol. The van der Waals surface area contributed by atoms with E-state index in [4.69, 9.17) is 5.14 Å². The maximum absolute atomic E-state index is 11.3. The topological polar surface area (TPSA) is 101 Å². The third-order valence-corrected chi connectivity index (χ3v) is 5.49. The quantitative estimate of drug-likeness (QED) is 0.510. The van der Waals surface area contributed by atoms with Gasteiger partial charge in [-0.25, -0.2) is 18.5 Å². The van der Waals surface area contributed by atoms with Gasteiger partial charge in [0.15, 0.2) is 5.13 Å². The molecule has 2 aromatic carbocycles. The van der Waals surface area contributed by atoms with Crippen molar-refractivity contribution in [2.45, 2.75) is 4.90 Å². The number of aromatic amines is 1. The van der Waals surface area contributed by atoms with Gasteiger partial charge in [0.2, 0.25) is 10.0 Å². The van der Waals surface area contributed by atoms with Gasteiger partial charge in [0.05, 0.1) is 10.6 Å². The van der Waals surface area contributed by atoms with E-state index in [9.17, 15) is 8.42 Å². The average Bonchev–Trinajstić information content (AvgIpc) is 3.21. The van der Waals surface area contributed by atoms with E-state index in [0.717, 1.165) is 33.0 Å². The maximum Gasteiger partial charge on any atom is 0.238 e. The zero-order chi connectivity index (χ0) is 17.4. The maximum atomic E-state index is 11.3. The van der Waals surface area contributed by atoms with Crippen LogP contribution in [-0.4, -0.2) is 18.4 Å². The minimum atomic E-state index is -3.68. The number of nitrogens with zero attached hydrogens (tertiary/aromatic N) is 1. The smallest absolute Gasteiger partial charge is 0.238 e. The molecular formula is C17H14N4O2S2. The number of anilines is 2. The lowest BCUT2D eigenvalue weighted by Gasteiger charge is -2.03. The minimum absolute atomic E-state index is 0.0803. The van der Waals surface area contributed by atoms with Gasteiger partial charge in [0, 0.05) is 33.7 Å². The Hall–Kier alpha value is -2.68. The van der Waals surface area contributed by atoms with E-state index in [1.807, 2.05) is 29.8 Å². The number of thiazole rings is 1. The zero-order valence-electron chi connectivity index (χ0n) is 12.9. The molecule has 0 amide bonds. The Morgan fingerprint density at radius 3 is 2.60 bits per heavy atom. The van der Waals surface area contributed by atoms with Gasteiger partial charge in [-0.05, 0) is 30.3 Å². The standard InChI is InChI=1S/C17H14N4O2S2/c18-25(22,23)12-7-5-11(6-8-12)20-17-21-16(10-24-17)14-9-19-15-4-2-1-3-13(14)15/h1-10,19H,(H,20,21)(H2,18,22,23). The van der Waals surface area contributed by atoms with Crippen molar-refractivity contribution >= 4 is 43.1 Å². The van der Waals surface area contributed by atoms with E-state index >= 15 is 0 Å². The van der Waals surface area contributed by atoms with Gasteiger partial charge in [-0.15, -0.1) is 11.3 Å². The average molecular weight is 370 g/mol. The van der Waals surface area contributed by atoms with Crippen LogP contribution in [0.15, 0.2) is 65.0 Å². The van der Waals surface area contributed by atoms with Gasteiger partial charge in [0.25, 0.3) is 0 Å². The monoisotopic (exact) mass is 370 g/mol. The van der Waals surface area contributed by atoms with Crippen LogP contribution in [0.3, 0.4) is 0 Å². The number of H-pyrrole nitrogens is 1. The number of sulfonamides is 1. The van der Waals surface area contributed by atoms with E-state index in [0.29, 0.717) is 0 Å². The fourth-order valence-corrected chi connectivity index (χ4v) is 3.84. The molecule has 8 heteroatoms. The lowest BCUT2D eigenvalue weighted by molar-refractivity contribution is 0.598. The van der Waals surface area contributed by atoms with Crippen molar-refractivity contribution < 1.29 is 8.42 Å². The van der Waals surface area contributed by atoms with Crippen molar-refractivity contribution in [3.05, 3.63) is 60.1 Å². The van der Waals surface area contributed by atoms with Crippen LogP contribution < -0.4 is 10.5 Å². The highest BCUT2D eigenvalue weighted by molar-refractivity contribution is 7.89. The first kappa shape index (κ1) is 15.8. The van der Waals surface area contributed by atoms with Crippen LogP contribution >= 0.6 is 11.3 Å². The predicted octanol–water partition coefficient (Wildman–Crippen LogP) is 3.68. The highest BCUT2D eigenvalue weighted by atomic mass is 32.2. The summed E-state index contributed by atoms with van der Waals surface area (Å²) in [5.74, 6) is 0. The Bertz CT molecular complexity index is 1140. The second kappa shape index (κ2) is 5.99. The number of rotatable bonds is 4. The number of aromatic nitrogens is 2. The van der Waals surface area contributed by atoms with Crippen molar-refractivity contribution in [3.8, 4) is 11.3 Å². The molecule has 0 aliphatic carbocycles. The molecule has 0 saturated heterocycles. The highest BCUT2D eigenvalue weighted by Gasteiger charge is 2.11. The van der Waals surface area contributed by atoms with Crippen LogP contribution in [0, 0.1) is 0 Å². The van der Waals surface area contributed by atoms with Gasteiger partial charge in [-0.1, -0.05) is 18.2 Å². The molecule has 4 rings (SSSR count). The second-order valence-electron chi connectivity index (χ2n) is 5.48. The summed E-state index contributed by atoms with van der Waals surface area (Å²) in [7, 11) is -3.68. The van der Waals surface area contributed by atoms with Gasteiger partial charge in [0.1, 0.15) is 0 Å². The first-order valence-corrected chi connectivity index (χ1v) is 9.85. The molecule has 6 nitrogen and oxygen atoms in total. The molecule has 0 aliphatic heterocycles. The molecule has 4 N–H and O–H groups in total. The summed E-state index contributed by atoms with van der Waals surface area (Å²) in [6, 6.07) is 14.3. The Balaban J connectivity index is 1.59. The lowest BCUT2D eigenvalue weighted by atomic mass is 10.1. The number of fused-ring (bicyclic) bond motifs is 1. The zero-order valence-corrected chi connectivity index (χ0v) is 14.6. The molecule has 4 aromatic rings. The number of nitrogens with two attached hydrogens (primary N) is 1. The van der Waals surface area contributed by atoms with E-state index < -0.39 is 10.0 Å². The van der Waals surface area contributed by atoms with Crippen molar-refractivity contribution in [2.75, 3.05) is 5.32 Å². The number of hydrogen-bond acceptors (Lipinski definition) is 5. The fourth-order valence-electron chi connectivity index (χ4n) is 2.59. The number of benzene rings is 2. The molecule has 0 atom stereocenters. The van der Waals surface area contributed by atoms with Crippen LogP contribution in [0.5, 0.6) is 0 Å². The normalized spacial score (nSPS) is 11.7. The Kier molecular flexibility index (Phi) is 3.79. The van der Waals surface area contributed by atoms with E-state index in [1.165, 1.54) is 23.5 Å². The first-order valence-electron chi connectivity index (χ1n) is 7.42. The molecule has 0 bridgehead atoms. The summed E-state index contributed by atoms with van der Waals surface area (Å²) < 4.78 is 22.6. The van der Waals surface area contributed by atoms with Crippen LogP contribution in [0.1, 0.15) is 0 Å². The Morgan fingerprint density at radius 1 is 1.08 bits per heavy atom. The van der Waals surface area contributed by atoms with Crippen molar-refractivity contribution in [1.82, 2.24) is 9.97 Å². The van der Waals surface area contributed by atoms with Gasteiger partial charge in [-0.2, -0.15) is 0 Å². The molecule has 2 heterocycles. The van der Waals surface area contributed by atoms with E-state index in [1.54, 1.807) is 12.1 Å². The lowest BCUT2D eigenvalue weighted by Crippen LogP contribution is -2.11. The fraction of sp³-hybridized carbons (Fsp3) is 0. The van der Waals surface area contributed by atoms with Crippen LogP contribution in [0.4, 0.5) is 10.8 Å². The van der Waals surface area contributed by atoms with E-state index in [-0.39, 0.29) is 4.90 Å². The van der Waals surface area contributed by atoms with E-state index in [2.05, 4.69) is 21.4 Å².